The number of hydrogen-bond acceptors (Lipinski definition) is 3. The summed E-state index contributed by atoms with van der Waals surface area (Å²) in [5, 5.41) is 2.91. The number of carbonyl (C=O) groups is 1. The number of amides is 1. The van der Waals surface area contributed by atoms with Crippen molar-refractivity contribution < 1.29 is 9.53 Å². The molecule has 0 aliphatic rings. The second-order valence-corrected chi connectivity index (χ2v) is 4.21. The summed E-state index contributed by atoms with van der Waals surface area (Å²) in [5.74, 6) is 0.273. The Hall–Kier alpha value is -0.610. The predicted molar refractivity (Wildman–Crippen MR) is 61.5 cm³/mol. The molecular formula is C11H24N2O2. The summed E-state index contributed by atoms with van der Waals surface area (Å²) in [7, 11) is 1.63. The van der Waals surface area contributed by atoms with E-state index in [9.17, 15) is 4.79 Å². The number of ether oxygens (including phenoxy) is 1. The van der Waals surface area contributed by atoms with Gasteiger partial charge in [0.1, 0.15) is 0 Å². The lowest BCUT2D eigenvalue weighted by molar-refractivity contribution is -0.124. The Balaban J connectivity index is 4.09. The van der Waals surface area contributed by atoms with E-state index >= 15 is 0 Å². The van der Waals surface area contributed by atoms with E-state index in [0.29, 0.717) is 12.5 Å². The van der Waals surface area contributed by atoms with Crippen molar-refractivity contribution in [1.82, 2.24) is 5.32 Å². The highest BCUT2D eigenvalue weighted by molar-refractivity contribution is 5.81. The van der Waals surface area contributed by atoms with Crippen molar-refractivity contribution in [2.45, 2.75) is 45.7 Å². The van der Waals surface area contributed by atoms with Crippen LogP contribution in [0.5, 0.6) is 0 Å². The van der Waals surface area contributed by atoms with Crippen LogP contribution in [-0.2, 0) is 9.53 Å². The molecular weight excluding hydrogens is 192 g/mol. The van der Waals surface area contributed by atoms with E-state index < -0.39 is 6.04 Å². The van der Waals surface area contributed by atoms with Crippen LogP contribution in [0, 0.1) is 5.92 Å². The minimum absolute atomic E-state index is 0.0467. The normalized spacial score (nSPS) is 15.1. The predicted octanol–water partition coefficient (Wildman–Crippen LogP) is 0.901. The molecule has 0 aromatic carbocycles. The number of hydrogen-bond donors (Lipinski definition) is 2. The Morgan fingerprint density at radius 2 is 2.07 bits per heavy atom. The van der Waals surface area contributed by atoms with Crippen LogP contribution in [0.3, 0.4) is 0 Å². The molecule has 0 heterocycles. The quantitative estimate of drug-likeness (QED) is 0.664. The van der Waals surface area contributed by atoms with Crippen molar-refractivity contribution in [3.05, 3.63) is 0 Å². The number of nitrogens with one attached hydrogen (secondary N) is 1. The van der Waals surface area contributed by atoms with Crippen LogP contribution in [0.25, 0.3) is 0 Å². The van der Waals surface area contributed by atoms with Crippen molar-refractivity contribution in [3.63, 3.8) is 0 Å². The van der Waals surface area contributed by atoms with Gasteiger partial charge in [0.15, 0.2) is 0 Å². The summed E-state index contributed by atoms with van der Waals surface area (Å²) in [5.41, 5.74) is 5.72. The van der Waals surface area contributed by atoms with Gasteiger partial charge in [-0.15, -0.1) is 0 Å². The molecule has 90 valence electrons. The minimum Gasteiger partial charge on any atom is -0.383 e. The van der Waals surface area contributed by atoms with E-state index in [4.69, 9.17) is 10.5 Å². The minimum atomic E-state index is -0.395. The summed E-state index contributed by atoms with van der Waals surface area (Å²) in [6.07, 6.45) is 1.65. The van der Waals surface area contributed by atoms with Crippen LogP contribution >= 0.6 is 0 Å². The second kappa shape index (κ2) is 7.65. The fourth-order valence-electron chi connectivity index (χ4n) is 1.31. The van der Waals surface area contributed by atoms with Crippen molar-refractivity contribution in [1.29, 1.82) is 0 Å². The van der Waals surface area contributed by atoms with Gasteiger partial charge in [-0.3, -0.25) is 4.79 Å². The molecule has 0 aliphatic carbocycles. The van der Waals surface area contributed by atoms with E-state index in [2.05, 4.69) is 19.2 Å². The molecule has 2 atom stereocenters. The Labute approximate surface area is 92.6 Å². The highest BCUT2D eigenvalue weighted by atomic mass is 16.5. The van der Waals surface area contributed by atoms with Crippen LogP contribution in [0.2, 0.25) is 0 Å². The standard InChI is InChI=1S/C11H24N2O2/c1-5-6-9(12)11(14)13-10(7-15-4)8(2)3/h8-10H,5-7,12H2,1-4H3,(H,13,14). The first-order valence-corrected chi connectivity index (χ1v) is 5.57. The Kier molecular flexibility index (Phi) is 7.34. The fraction of sp³-hybridized carbons (Fsp3) is 0.909. The molecule has 0 fully saturated rings. The number of rotatable bonds is 7. The van der Waals surface area contributed by atoms with Gasteiger partial charge in [-0.05, 0) is 12.3 Å². The third-order valence-corrected chi connectivity index (χ3v) is 2.42. The maximum Gasteiger partial charge on any atom is 0.237 e. The average Bonchev–Trinajstić information content (AvgIpc) is 2.17. The van der Waals surface area contributed by atoms with Crippen molar-refractivity contribution in [2.24, 2.45) is 11.7 Å². The van der Waals surface area contributed by atoms with Crippen LogP contribution in [-0.4, -0.2) is 31.7 Å². The first kappa shape index (κ1) is 14.4. The molecule has 2 unspecified atom stereocenters. The van der Waals surface area contributed by atoms with Gasteiger partial charge >= 0.3 is 0 Å². The van der Waals surface area contributed by atoms with E-state index in [-0.39, 0.29) is 11.9 Å². The molecule has 15 heavy (non-hydrogen) atoms. The monoisotopic (exact) mass is 216 g/mol. The van der Waals surface area contributed by atoms with Crippen molar-refractivity contribution >= 4 is 5.91 Å². The lowest BCUT2D eigenvalue weighted by Gasteiger charge is -2.23. The highest BCUT2D eigenvalue weighted by Gasteiger charge is 2.19. The Bertz CT molecular complexity index is 183. The summed E-state index contributed by atoms with van der Waals surface area (Å²) in [6.45, 7) is 6.65. The number of methoxy groups -OCH3 is 1. The number of carbonyl (C=O) groups excluding carboxylic acids is 1. The van der Waals surface area contributed by atoms with Gasteiger partial charge in [-0.2, -0.15) is 0 Å². The molecule has 0 radical (unpaired) electrons. The molecule has 1 amide bonds. The molecule has 3 N–H and O–H groups in total. The Morgan fingerprint density at radius 1 is 1.47 bits per heavy atom. The zero-order valence-corrected chi connectivity index (χ0v) is 10.2. The molecule has 0 saturated heterocycles. The molecule has 0 aliphatic heterocycles. The lowest BCUT2D eigenvalue weighted by atomic mass is 10.0. The van der Waals surface area contributed by atoms with Gasteiger partial charge in [-0.1, -0.05) is 27.2 Å². The smallest absolute Gasteiger partial charge is 0.237 e. The zero-order chi connectivity index (χ0) is 11.8. The van der Waals surface area contributed by atoms with Gasteiger partial charge in [0.2, 0.25) is 5.91 Å². The molecule has 0 spiro atoms. The molecule has 0 bridgehead atoms. The second-order valence-electron chi connectivity index (χ2n) is 4.21. The van der Waals surface area contributed by atoms with Gasteiger partial charge in [-0.25, -0.2) is 0 Å². The first-order valence-electron chi connectivity index (χ1n) is 5.57. The molecule has 0 saturated carbocycles. The topological polar surface area (TPSA) is 64.4 Å². The third kappa shape index (κ3) is 5.74. The molecule has 0 aromatic rings. The van der Waals surface area contributed by atoms with Crippen LogP contribution in [0.1, 0.15) is 33.6 Å². The molecule has 4 nitrogen and oxygen atoms in total. The highest BCUT2D eigenvalue weighted by Crippen LogP contribution is 2.03. The van der Waals surface area contributed by atoms with Crippen LogP contribution < -0.4 is 11.1 Å². The third-order valence-electron chi connectivity index (χ3n) is 2.42. The molecule has 4 heteroatoms. The maximum atomic E-state index is 11.6. The summed E-state index contributed by atoms with van der Waals surface area (Å²) < 4.78 is 5.05. The zero-order valence-electron chi connectivity index (χ0n) is 10.2. The molecule has 0 rings (SSSR count). The van der Waals surface area contributed by atoms with E-state index in [1.165, 1.54) is 0 Å². The maximum absolute atomic E-state index is 11.6. The number of nitrogens with two attached hydrogens (primary N) is 1. The molecule has 0 aromatic heterocycles. The summed E-state index contributed by atoms with van der Waals surface area (Å²) in [4.78, 5) is 11.6. The van der Waals surface area contributed by atoms with Gasteiger partial charge < -0.3 is 15.8 Å². The van der Waals surface area contributed by atoms with Gasteiger partial charge in [0.05, 0.1) is 18.7 Å². The largest absolute Gasteiger partial charge is 0.383 e. The summed E-state index contributed by atoms with van der Waals surface area (Å²) in [6, 6.07) is -0.349. The lowest BCUT2D eigenvalue weighted by Crippen LogP contribution is -2.48. The van der Waals surface area contributed by atoms with E-state index in [0.717, 1.165) is 12.8 Å². The van der Waals surface area contributed by atoms with Gasteiger partial charge in [0.25, 0.3) is 0 Å². The average molecular weight is 216 g/mol. The summed E-state index contributed by atoms with van der Waals surface area (Å²) >= 11 is 0. The Morgan fingerprint density at radius 3 is 2.47 bits per heavy atom. The SMILES string of the molecule is CCCC(N)C(=O)NC(COC)C(C)C. The van der Waals surface area contributed by atoms with Gasteiger partial charge in [0, 0.05) is 7.11 Å². The first-order chi connectivity index (χ1) is 7.02. The van der Waals surface area contributed by atoms with E-state index in [1.807, 2.05) is 6.92 Å². The van der Waals surface area contributed by atoms with Crippen molar-refractivity contribution in [3.8, 4) is 0 Å². The fourth-order valence-corrected chi connectivity index (χ4v) is 1.31. The van der Waals surface area contributed by atoms with Crippen LogP contribution in [0.4, 0.5) is 0 Å². The van der Waals surface area contributed by atoms with Crippen LogP contribution in [0.15, 0.2) is 0 Å². The van der Waals surface area contributed by atoms with E-state index in [1.54, 1.807) is 7.11 Å². The van der Waals surface area contributed by atoms with Crippen molar-refractivity contribution in [2.75, 3.05) is 13.7 Å².